The largest absolute Gasteiger partial charge is 0.431 e. The Bertz CT molecular complexity index is 710. The summed E-state index contributed by atoms with van der Waals surface area (Å²) in [6, 6.07) is 4.04. The molecule has 0 amide bonds. The van der Waals surface area contributed by atoms with Crippen LogP contribution >= 0.6 is 11.6 Å². The molecule has 0 N–H and O–H groups in total. The molecule has 0 aromatic carbocycles. The third-order valence-corrected chi connectivity index (χ3v) is 2.88. The maximum absolute atomic E-state index is 11.0. The van der Waals surface area contributed by atoms with Crippen molar-refractivity contribution in [2.75, 3.05) is 0 Å². The molecule has 2 aromatic heterocycles. The van der Waals surface area contributed by atoms with E-state index in [2.05, 4.69) is 9.97 Å². The van der Waals surface area contributed by atoms with Crippen LogP contribution in [0.25, 0.3) is 0 Å². The summed E-state index contributed by atoms with van der Waals surface area (Å²) >= 11 is 5.74. The first-order valence-corrected chi connectivity index (χ1v) is 6.22. The molecule has 0 saturated heterocycles. The minimum absolute atomic E-state index is 0.0726. The first kappa shape index (κ1) is 14.9. The van der Waals surface area contributed by atoms with Gasteiger partial charge < -0.3 is 4.74 Å². The van der Waals surface area contributed by atoms with E-state index in [1.807, 2.05) is 0 Å². The van der Waals surface area contributed by atoms with Crippen LogP contribution in [0.2, 0.25) is 5.15 Å². The molecule has 0 aliphatic carbocycles. The van der Waals surface area contributed by atoms with Crippen LogP contribution in [0.1, 0.15) is 21.7 Å². The molecule has 7 nitrogen and oxygen atoms in total. The zero-order valence-corrected chi connectivity index (χ0v) is 11.9. The first-order chi connectivity index (χ1) is 9.92. The number of ether oxygens (including phenoxy) is 1. The number of aromatic nitrogens is 2. The fourth-order valence-electron chi connectivity index (χ4n) is 1.79. The number of rotatable bonds is 4. The van der Waals surface area contributed by atoms with Crippen molar-refractivity contribution in [3.8, 4) is 11.6 Å². The van der Waals surface area contributed by atoms with Crippen molar-refractivity contribution in [1.82, 2.24) is 9.97 Å². The Morgan fingerprint density at radius 2 is 2.05 bits per heavy atom. The summed E-state index contributed by atoms with van der Waals surface area (Å²) in [5, 5.41) is 11.0. The third kappa shape index (κ3) is 3.14. The highest BCUT2D eigenvalue weighted by atomic mass is 35.5. The molecule has 0 fully saturated rings. The lowest BCUT2D eigenvalue weighted by Gasteiger charge is -2.11. The van der Waals surface area contributed by atoms with Crippen molar-refractivity contribution in [2.24, 2.45) is 0 Å². The van der Waals surface area contributed by atoms with Crippen molar-refractivity contribution in [3.63, 3.8) is 0 Å². The van der Waals surface area contributed by atoms with Gasteiger partial charge in [-0.05, 0) is 31.5 Å². The van der Waals surface area contributed by atoms with Crippen LogP contribution in [0.15, 0.2) is 18.2 Å². The van der Waals surface area contributed by atoms with E-state index < -0.39 is 4.92 Å². The number of nitro groups is 1. The van der Waals surface area contributed by atoms with Crippen LogP contribution in [0.5, 0.6) is 11.6 Å². The molecular weight excluding hydrogens is 298 g/mol. The quantitative estimate of drug-likeness (QED) is 0.372. The smallest absolute Gasteiger partial charge is 0.331 e. The number of hydrogen-bond donors (Lipinski definition) is 0. The summed E-state index contributed by atoms with van der Waals surface area (Å²) < 4.78 is 5.50. The summed E-state index contributed by atoms with van der Waals surface area (Å²) in [6.45, 7) is 3.33. The van der Waals surface area contributed by atoms with Gasteiger partial charge in [-0.3, -0.25) is 14.9 Å². The van der Waals surface area contributed by atoms with Gasteiger partial charge in [0.15, 0.2) is 12.0 Å². The molecule has 0 bridgehead atoms. The topological polar surface area (TPSA) is 95.2 Å². The van der Waals surface area contributed by atoms with E-state index >= 15 is 0 Å². The first-order valence-electron chi connectivity index (χ1n) is 5.84. The van der Waals surface area contributed by atoms with Gasteiger partial charge in [-0.2, -0.15) is 4.98 Å². The zero-order valence-electron chi connectivity index (χ0n) is 11.2. The summed E-state index contributed by atoms with van der Waals surface area (Å²) in [4.78, 5) is 28.9. The van der Waals surface area contributed by atoms with Gasteiger partial charge in [0, 0.05) is 6.07 Å². The number of hydrogen-bond acceptors (Lipinski definition) is 6. The highest BCUT2D eigenvalue weighted by Crippen LogP contribution is 2.33. The molecule has 2 rings (SSSR count). The van der Waals surface area contributed by atoms with Crippen LogP contribution in [0, 0.1) is 24.0 Å². The summed E-state index contributed by atoms with van der Waals surface area (Å²) in [5.41, 5.74) is 0.984. The Labute approximate surface area is 124 Å². The predicted molar refractivity (Wildman–Crippen MR) is 75.1 cm³/mol. The Morgan fingerprint density at radius 3 is 2.62 bits per heavy atom. The van der Waals surface area contributed by atoms with Gasteiger partial charge in [0.1, 0.15) is 10.8 Å². The van der Waals surface area contributed by atoms with Crippen LogP contribution in [0.4, 0.5) is 5.69 Å². The Balaban J connectivity index is 2.50. The fourth-order valence-corrected chi connectivity index (χ4v) is 1.93. The number of aryl methyl sites for hydroxylation is 2. The van der Waals surface area contributed by atoms with Crippen molar-refractivity contribution in [2.45, 2.75) is 13.8 Å². The molecule has 0 saturated carbocycles. The second-order valence-corrected chi connectivity index (χ2v) is 4.60. The van der Waals surface area contributed by atoms with Gasteiger partial charge in [0.2, 0.25) is 0 Å². The molecule has 0 spiro atoms. The molecule has 108 valence electrons. The average molecular weight is 308 g/mol. The van der Waals surface area contributed by atoms with Crippen LogP contribution in [-0.2, 0) is 0 Å². The van der Waals surface area contributed by atoms with Crippen LogP contribution < -0.4 is 4.74 Å². The standard InChI is InChI=1S/C13H10ClN3O4/c1-7-5-9(6-18)15-8(2)12(7)21-13-10(17(19)20)3-4-11(14)16-13/h3-6H,1-2H3. The zero-order chi connectivity index (χ0) is 15.6. The second-order valence-electron chi connectivity index (χ2n) is 4.21. The molecule has 2 aromatic rings. The lowest BCUT2D eigenvalue weighted by Crippen LogP contribution is -2.01. The van der Waals surface area contributed by atoms with Gasteiger partial charge in [0.25, 0.3) is 0 Å². The van der Waals surface area contributed by atoms with Crippen LogP contribution in [-0.4, -0.2) is 21.2 Å². The van der Waals surface area contributed by atoms with E-state index in [1.54, 1.807) is 13.8 Å². The Kier molecular flexibility index (Phi) is 4.13. The lowest BCUT2D eigenvalue weighted by atomic mass is 10.2. The number of carbonyl (C=O) groups excluding carboxylic acids is 1. The van der Waals surface area contributed by atoms with Gasteiger partial charge in [-0.1, -0.05) is 11.6 Å². The van der Waals surface area contributed by atoms with Gasteiger partial charge >= 0.3 is 11.6 Å². The van der Waals surface area contributed by atoms with E-state index in [0.717, 1.165) is 0 Å². The molecule has 0 unspecified atom stereocenters. The molecule has 0 atom stereocenters. The number of nitrogens with zero attached hydrogens (tertiary/aromatic N) is 3. The summed E-state index contributed by atoms with van der Waals surface area (Å²) in [5.74, 6) is 0.0813. The number of carbonyl (C=O) groups is 1. The SMILES string of the molecule is Cc1cc(C=O)nc(C)c1Oc1nc(Cl)ccc1[N+](=O)[O-]. The van der Waals surface area contributed by atoms with E-state index in [4.69, 9.17) is 16.3 Å². The Morgan fingerprint density at radius 1 is 1.33 bits per heavy atom. The molecule has 0 aliphatic rings. The summed E-state index contributed by atoms with van der Waals surface area (Å²) in [6.07, 6.45) is 0.615. The third-order valence-electron chi connectivity index (χ3n) is 2.67. The lowest BCUT2D eigenvalue weighted by molar-refractivity contribution is -0.386. The minimum Gasteiger partial charge on any atom is -0.431 e. The van der Waals surface area contributed by atoms with Crippen molar-refractivity contribution >= 4 is 23.6 Å². The average Bonchev–Trinajstić information content (AvgIpc) is 2.42. The molecular formula is C13H10ClN3O4. The van der Waals surface area contributed by atoms with E-state index in [-0.39, 0.29) is 22.4 Å². The normalized spacial score (nSPS) is 10.2. The highest BCUT2D eigenvalue weighted by Gasteiger charge is 2.20. The number of halogens is 1. The minimum atomic E-state index is -0.615. The predicted octanol–water partition coefficient (Wildman–Crippen LogP) is 3.26. The van der Waals surface area contributed by atoms with Crippen LogP contribution in [0.3, 0.4) is 0 Å². The van der Waals surface area contributed by atoms with Gasteiger partial charge in [-0.15, -0.1) is 0 Å². The van der Waals surface area contributed by atoms with E-state index in [9.17, 15) is 14.9 Å². The molecule has 0 aliphatic heterocycles. The summed E-state index contributed by atoms with van der Waals surface area (Å²) in [7, 11) is 0. The number of aldehydes is 1. The molecule has 21 heavy (non-hydrogen) atoms. The fraction of sp³-hybridized carbons (Fsp3) is 0.154. The molecule has 2 heterocycles. The molecule has 0 radical (unpaired) electrons. The maximum Gasteiger partial charge on any atom is 0.331 e. The van der Waals surface area contributed by atoms with E-state index in [0.29, 0.717) is 23.3 Å². The maximum atomic E-state index is 11.0. The van der Waals surface area contributed by atoms with E-state index in [1.165, 1.54) is 18.2 Å². The number of pyridine rings is 2. The Hall–Kier alpha value is -2.54. The highest BCUT2D eigenvalue weighted by molar-refractivity contribution is 6.29. The second kappa shape index (κ2) is 5.84. The van der Waals surface area contributed by atoms with Crippen molar-refractivity contribution in [1.29, 1.82) is 0 Å². The van der Waals surface area contributed by atoms with Crippen molar-refractivity contribution < 1.29 is 14.5 Å². The van der Waals surface area contributed by atoms with Gasteiger partial charge in [-0.25, -0.2) is 4.98 Å². The molecule has 8 heteroatoms. The van der Waals surface area contributed by atoms with Gasteiger partial charge in [0.05, 0.1) is 10.6 Å². The van der Waals surface area contributed by atoms with Crippen molar-refractivity contribution in [3.05, 3.63) is 50.4 Å². The monoisotopic (exact) mass is 307 g/mol.